The summed E-state index contributed by atoms with van der Waals surface area (Å²) in [5.74, 6) is -2.32. The molecule has 0 spiro atoms. The van der Waals surface area contributed by atoms with E-state index in [9.17, 15) is 19.5 Å². The molecule has 1 fully saturated rings. The molecule has 0 saturated carbocycles. The summed E-state index contributed by atoms with van der Waals surface area (Å²) >= 11 is 2.20. The molecule has 3 aromatic heterocycles. The van der Waals surface area contributed by atoms with E-state index in [0.29, 0.717) is 11.3 Å². The zero-order valence-corrected chi connectivity index (χ0v) is 20.1. The van der Waals surface area contributed by atoms with Crippen molar-refractivity contribution in [2.75, 3.05) is 18.6 Å². The Morgan fingerprint density at radius 1 is 1.43 bits per heavy atom. The summed E-state index contributed by atoms with van der Waals surface area (Å²) in [7, 11) is 1.25. The number of carboxylic acid groups (broad SMARTS) is 1. The number of aliphatic carboxylic acids is 1. The molecule has 0 aromatic carbocycles. The van der Waals surface area contributed by atoms with Gasteiger partial charge >= 0.3 is 11.6 Å². The minimum atomic E-state index is -1.25. The van der Waals surface area contributed by atoms with Crippen LogP contribution in [0, 0.1) is 0 Å². The van der Waals surface area contributed by atoms with E-state index in [1.165, 1.54) is 23.8 Å². The molecular formula is C18H16ClN9O5S2. The predicted molar refractivity (Wildman–Crippen MR) is 119 cm³/mol. The topological polar surface area (TPSA) is 181 Å². The molecule has 2 aliphatic rings. The fourth-order valence-corrected chi connectivity index (χ4v) is 5.49. The number of aromatic nitrogens is 5. The Labute approximate surface area is 211 Å². The van der Waals surface area contributed by atoms with Gasteiger partial charge in [-0.2, -0.15) is 13.9 Å². The molecular weight excluding hydrogens is 522 g/mol. The van der Waals surface area contributed by atoms with Gasteiger partial charge in [0.05, 0.1) is 11.9 Å². The van der Waals surface area contributed by atoms with E-state index in [0.717, 1.165) is 11.5 Å². The average molecular weight is 538 g/mol. The Kier molecular flexibility index (Phi) is 6.60. The molecule has 5 heterocycles. The monoisotopic (exact) mass is 537 g/mol. The van der Waals surface area contributed by atoms with E-state index >= 15 is 0 Å². The molecule has 35 heavy (non-hydrogen) atoms. The van der Waals surface area contributed by atoms with Crippen LogP contribution in [0.1, 0.15) is 5.82 Å². The largest absolute Gasteiger partial charge is 1.00 e. The SMILES string of the molecule is CO/N=C(/C(=O)NC1C(=O)N2C(C(=O)O)=C([n+]3ccn4ncccc43)CSC12)c1nsc(N)n1.[Cl-]. The van der Waals surface area contributed by atoms with Crippen LogP contribution in [0.4, 0.5) is 5.13 Å². The minimum absolute atomic E-state index is 0. The minimum Gasteiger partial charge on any atom is -1.00 e. The Morgan fingerprint density at radius 2 is 2.23 bits per heavy atom. The van der Waals surface area contributed by atoms with E-state index in [1.54, 1.807) is 39.8 Å². The van der Waals surface area contributed by atoms with Crippen molar-refractivity contribution >= 4 is 63.3 Å². The Balaban J connectivity index is 0.00000289. The number of rotatable bonds is 6. The Morgan fingerprint density at radius 3 is 2.91 bits per heavy atom. The summed E-state index contributed by atoms with van der Waals surface area (Å²) in [6, 6.07) is 2.55. The van der Waals surface area contributed by atoms with Crippen molar-refractivity contribution < 1.29 is 41.3 Å². The molecule has 0 bridgehead atoms. The van der Waals surface area contributed by atoms with Crippen molar-refractivity contribution in [1.29, 1.82) is 0 Å². The van der Waals surface area contributed by atoms with Crippen LogP contribution in [0.25, 0.3) is 11.3 Å². The lowest BCUT2D eigenvalue weighted by atomic mass is 10.0. The van der Waals surface area contributed by atoms with Crippen LogP contribution in [0.3, 0.4) is 0 Å². The van der Waals surface area contributed by atoms with Gasteiger partial charge in [-0.25, -0.2) is 4.79 Å². The van der Waals surface area contributed by atoms with Crippen molar-refractivity contribution in [2.24, 2.45) is 5.16 Å². The molecule has 17 heteroatoms. The fraction of sp³-hybridized carbons (Fsp3) is 0.222. The van der Waals surface area contributed by atoms with Crippen LogP contribution in [0.2, 0.25) is 0 Å². The van der Waals surface area contributed by atoms with Gasteiger partial charge in [0.1, 0.15) is 24.7 Å². The van der Waals surface area contributed by atoms with E-state index in [2.05, 4.69) is 24.9 Å². The molecule has 1 saturated heterocycles. The third-order valence-electron chi connectivity index (χ3n) is 5.14. The maximum absolute atomic E-state index is 13.0. The number of nitrogens with one attached hydrogen (secondary N) is 1. The highest BCUT2D eigenvalue weighted by Crippen LogP contribution is 2.40. The highest BCUT2D eigenvalue weighted by atomic mass is 35.5. The number of thioether (sulfide) groups is 1. The molecule has 2 unspecified atom stereocenters. The Bertz CT molecular complexity index is 1400. The summed E-state index contributed by atoms with van der Waals surface area (Å²) in [6.45, 7) is 0. The first kappa shape index (κ1) is 24.4. The van der Waals surface area contributed by atoms with Gasteiger partial charge in [-0.3, -0.25) is 14.5 Å². The lowest BCUT2D eigenvalue weighted by Gasteiger charge is -2.48. The average Bonchev–Trinajstić information content (AvgIpc) is 3.45. The van der Waals surface area contributed by atoms with Crippen LogP contribution in [0.5, 0.6) is 0 Å². The van der Waals surface area contributed by atoms with Crippen molar-refractivity contribution in [1.82, 2.24) is 29.2 Å². The quantitative estimate of drug-likeness (QED) is 0.121. The number of imidazole rings is 1. The Hall–Kier alpha value is -3.76. The summed E-state index contributed by atoms with van der Waals surface area (Å²) in [5, 5.41) is 19.9. The van der Waals surface area contributed by atoms with E-state index < -0.39 is 29.2 Å². The highest BCUT2D eigenvalue weighted by molar-refractivity contribution is 8.00. The zero-order valence-electron chi connectivity index (χ0n) is 17.7. The number of nitrogens with two attached hydrogens (primary N) is 1. The highest BCUT2D eigenvalue weighted by Gasteiger charge is 2.55. The van der Waals surface area contributed by atoms with Gasteiger partial charge < -0.3 is 33.4 Å². The van der Waals surface area contributed by atoms with Gasteiger partial charge in [-0.15, -0.1) is 16.3 Å². The molecule has 3 aromatic rings. The second-order valence-corrected chi connectivity index (χ2v) is 8.92. The molecule has 0 aliphatic carbocycles. The number of hydrogen-bond acceptors (Lipinski definition) is 11. The van der Waals surface area contributed by atoms with E-state index in [1.807, 2.05) is 0 Å². The maximum atomic E-state index is 13.0. The maximum Gasteiger partial charge on any atom is 0.356 e. The molecule has 2 amide bonds. The van der Waals surface area contributed by atoms with Gasteiger partial charge in [-0.1, -0.05) is 10.3 Å². The van der Waals surface area contributed by atoms with Crippen LogP contribution in [0.15, 0.2) is 41.6 Å². The normalized spacial score (nSPS) is 19.6. The van der Waals surface area contributed by atoms with Crippen molar-refractivity contribution in [3.8, 4) is 0 Å². The summed E-state index contributed by atoms with van der Waals surface area (Å²) in [4.78, 5) is 47.8. The molecule has 4 N–H and O–H groups in total. The number of anilines is 1. The van der Waals surface area contributed by atoms with Crippen LogP contribution in [-0.2, 0) is 19.2 Å². The lowest BCUT2D eigenvalue weighted by molar-refractivity contribution is -0.552. The fourth-order valence-electron chi connectivity index (χ4n) is 3.72. The molecule has 2 aliphatic heterocycles. The molecule has 2 atom stereocenters. The number of hydrogen-bond donors (Lipinski definition) is 3. The van der Waals surface area contributed by atoms with Gasteiger partial charge in [0.25, 0.3) is 11.8 Å². The van der Waals surface area contributed by atoms with Gasteiger partial charge in [0, 0.05) is 17.6 Å². The number of halogens is 1. The number of β-lactam (4-membered cyclic amide) rings is 1. The molecule has 0 radical (unpaired) electrons. The number of nitrogen functional groups attached to an aromatic ring is 1. The number of oxime groups is 1. The number of amides is 2. The van der Waals surface area contributed by atoms with Crippen LogP contribution in [-0.4, -0.2) is 76.8 Å². The third kappa shape index (κ3) is 4.04. The van der Waals surface area contributed by atoms with Gasteiger partial charge in [-0.05, 0) is 6.07 Å². The van der Waals surface area contributed by atoms with E-state index in [-0.39, 0.29) is 40.5 Å². The van der Waals surface area contributed by atoms with Gasteiger partial charge in [0.15, 0.2) is 22.7 Å². The first-order valence-corrected chi connectivity index (χ1v) is 11.5. The summed E-state index contributed by atoms with van der Waals surface area (Å²) in [5.41, 5.74) is 6.24. The second-order valence-electron chi connectivity index (χ2n) is 7.03. The van der Waals surface area contributed by atoms with Crippen molar-refractivity contribution in [3.05, 3.63) is 42.2 Å². The predicted octanol–water partition coefficient (Wildman–Crippen LogP) is -4.24. The summed E-state index contributed by atoms with van der Waals surface area (Å²) in [6.07, 6.45) is 4.98. The molecule has 14 nitrogen and oxygen atoms in total. The lowest BCUT2D eigenvalue weighted by Crippen LogP contribution is -3.00. The summed E-state index contributed by atoms with van der Waals surface area (Å²) < 4.78 is 7.22. The smallest absolute Gasteiger partial charge is 0.356 e. The third-order valence-corrected chi connectivity index (χ3v) is 6.95. The number of fused-ring (bicyclic) bond motifs is 2. The van der Waals surface area contributed by atoms with Crippen molar-refractivity contribution in [2.45, 2.75) is 11.4 Å². The van der Waals surface area contributed by atoms with Crippen molar-refractivity contribution in [3.63, 3.8) is 0 Å². The number of carboxylic acids is 1. The zero-order chi connectivity index (χ0) is 24.0. The van der Waals surface area contributed by atoms with Crippen LogP contribution < -0.4 is 28.0 Å². The first-order chi connectivity index (χ1) is 16.4. The second kappa shape index (κ2) is 9.47. The molecule has 182 valence electrons. The first-order valence-electron chi connectivity index (χ1n) is 9.67. The number of carbonyl (C=O) groups excluding carboxylic acids is 2. The number of nitrogens with zero attached hydrogens (tertiary/aromatic N) is 7. The number of carbonyl (C=O) groups is 3. The van der Waals surface area contributed by atoms with E-state index in [4.69, 9.17) is 10.6 Å². The molecule has 5 rings (SSSR count). The standard InChI is InChI=1S/C18H15N9O5S2.ClH/c1-32-23-10(13-22-18(19)34-24-13)14(28)21-11-15(29)27-12(17(30)31)8(7-33-16(11)27)25-5-6-26-9(25)3-2-4-20-26;/h2-6,11,16H,7H2,1H3,(H3-,19,21,22,24,28,30,31);1H/b23-10+;. The van der Waals surface area contributed by atoms with Crippen LogP contribution >= 0.6 is 23.3 Å². The van der Waals surface area contributed by atoms with Gasteiger partial charge in [0.2, 0.25) is 11.5 Å².